The first-order chi connectivity index (χ1) is 10.9. The average Bonchev–Trinajstić information content (AvgIpc) is 3.06. The molecular formula is C16H19N5OS. The van der Waals surface area contributed by atoms with Crippen LogP contribution in [0.5, 0.6) is 0 Å². The number of amides is 1. The van der Waals surface area contributed by atoms with Crippen molar-refractivity contribution in [3.05, 3.63) is 30.1 Å². The van der Waals surface area contributed by atoms with Crippen molar-refractivity contribution in [1.29, 1.82) is 0 Å². The smallest absolute Gasteiger partial charge is 0.234 e. The summed E-state index contributed by atoms with van der Waals surface area (Å²) in [7, 11) is 0. The first-order valence-corrected chi connectivity index (χ1v) is 8.33. The molecule has 0 fully saturated rings. The van der Waals surface area contributed by atoms with Crippen molar-refractivity contribution in [2.45, 2.75) is 34.1 Å². The van der Waals surface area contributed by atoms with E-state index in [0.29, 0.717) is 0 Å². The maximum absolute atomic E-state index is 12.1. The first kappa shape index (κ1) is 15.6. The minimum absolute atomic E-state index is 0.0129. The molecule has 0 aliphatic heterocycles. The minimum atomic E-state index is -0.431. The number of benzene rings is 1. The fourth-order valence-electron chi connectivity index (χ4n) is 2.04. The van der Waals surface area contributed by atoms with E-state index in [4.69, 9.17) is 0 Å². The predicted molar refractivity (Wildman–Crippen MR) is 91.6 cm³/mol. The van der Waals surface area contributed by atoms with E-state index in [2.05, 4.69) is 20.6 Å². The zero-order valence-corrected chi connectivity index (χ0v) is 14.4. The molecule has 0 saturated carbocycles. The molecule has 7 heteroatoms. The number of carbonyl (C=O) groups is 1. The van der Waals surface area contributed by atoms with Crippen molar-refractivity contribution in [2.24, 2.45) is 5.41 Å². The zero-order chi connectivity index (χ0) is 16.6. The first-order valence-electron chi connectivity index (χ1n) is 7.51. The maximum atomic E-state index is 12.1. The lowest BCUT2D eigenvalue weighted by molar-refractivity contribution is -0.123. The molecule has 0 bridgehead atoms. The number of aromatic nitrogens is 4. The number of anilines is 1. The van der Waals surface area contributed by atoms with Gasteiger partial charge in [-0.1, -0.05) is 51.2 Å². The average molecular weight is 329 g/mol. The van der Waals surface area contributed by atoms with Crippen LogP contribution in [0.3, 0.4) is 0 Å². The van der Waals surface area contributed by atoms with Gasteiger partial charge >= 0.3 is 0 Å². The summed E-state index contributed by atoms with van der Waals surface area (Å²) in [4.78, 5) is 12.9. The van der Waals surface area contributed by atoms with Crippen LogP contribution in [0.25, 0.3) is 15.5 Å². The standard InChI is InChI=1S/C16H19N5OS/c1-5-12-18-19-15-21(12)20-13(23-15)10-7-6-8-11(9-10)17-14(22)16(2,3)4/h6-9H,5H2,1-4H3,(H,17,22). The summed E-state index contributed by atoms with van der Waals surface area (Å²) in [6.45, 7) is 7.70. The van der Waals surface area contributed by atoms with Crippen LogP contribution in [-0.4, -0.2) is 25.7 Å². The molecule has 3 aromatic rings. The lowest BCUT2D eigenvalue weighted by atomic mass is 9.95. The van der Waals surface area contributed by atoms with Crippen LogP contribution in [-0.2, 0) is 11.2 Å². The Morgan fingerprint density at radius 3 is 2.78 bits per heavy atom. The minimum Gasteiger partial charge on any atom is -0.326 e. The highest BCUT2D eigenvalue weighted by molar-refractivity contribution is 7.19. The highest BCUT2D eigenvalue weighted by Gasteiger charge is 2.21. The second-order valence-electron chi connectivity index (χ2n) is 6.36. The van der Waals surface area contributed by atoms with Crippen molar-refractivity contribution < 1.29 is 4.79 Å². The van der Waals surface area contributed by atoms with Crippen LogP contribution in [0.15, 0.2) is 24.3 Å². The molecule has 0 aliphatic rings. The molecule has 1 aromatic carbocycles. The Morgan fingerprint density at radius 1 is 1.30 bits per heavy atom. The van der Waals surface area contributed by atoms with E-state index in [9.17, 15) is 4.79 Å². The summed E-state index contributed by atoms with van der Waals surface area (Å²) in [6, 6.07) is 7.70. The van der Waals surface area contributed by atoms with E-state index in [1.807, 2.05) is 52.0 Å². The van der Waals surface area contributed by atoms with Gasteiger partial charge in [-0.05, 0) is 12.1 Å². The number of nitrogens with one attached hydrogen (secondary N) is 1. The van der Waals surface area contributed by atoms with Gasteiger partial charge in [-0.25, -0.2) is 0 Å². The number of aryl methyl sites for hydroxylation is 1. The lowest BCUT2D eigenvalue weighted by Gasteiger charge is -2.17. The summed E-state index contributed by atoms with van der Waals surface area (Å²) in [5.74, 6) is 0.834. The molecule has 6 nitrogen and oxygen atoms in total. The van der Waals surface area contributed by atoms with Crippen LogP contribution in [0.4, 0.5) is 5.69 Å². The van der Waals surface area contributed by atoms with Crippen molar-refractivity contribution in [3.8, 4) is 10.6 Å². The van der Waals surface area contributed by atoms with Gasteiger partial charge in [0.1, 0.15) is 5.01 Å². The number of carbonyl (C=O) groups excluding carboxylic acids is 1. The summed E-state index contributed by atoms with van der Waals surface area (Å²) < 4.78 is 1.78. The van der Waals surface area contributed by atoms with Crippen LogP contribution < -0.4 is 5.32 Å². The predicted octanol–water partition coefficient (Wildman–Crippen LogP) is 3.40. The van der Waals surface area contributed by atoms with Crippen molar-refractivity contribution >= 4 is 27.9 Å². The summed E-state index contributed by atoms with van der Waals surface area (Å²) in [5, 5.41) is 16.6. The molecule has 0 atom stereocenters. The highest BCUT2D eigenvalue weighted by Crippen LogP contribution is 2.28. The van der Waals surface area contributed by atoms with Crippen LogP contribution in [0, 0.1) is 5.41 Å². The second-order valence-corrected chi connectivity index (χ2v) is 7.31. The third-order valence-electron chi connectivity index (χ3n) is 3.42. The fourth-order valence-corrected chi connectivity index (χ4v) is 2.90. The van der Waals surface area contributed by atoms with Gasteiger partial charge in [-0.3, -0.25) is 4.79 Å². The molecule has 120 valence electrons. The number of hydrogen-bond donors (Lipinski definition) is 1. The Kier molecular flexibility index (Phi) is 3.89. The molecule has 1 N–H and O–H groups in total. The van der Waals surface area contributed by atoms with Gasteiger partial charge < -0.3 is 5.32 Å². The molecule has 0 unspecified atom stereocenters. The molecule has 0 radical (unpaired) electrons. The van der Waals surface area contributed by atoms with Gasteiger partial charge in [0.15, 0.2) is 5.82 Å². The molecule has 2 heterocycles. The Labute approximate surface area is 138 Å². The molecular weight excluding hydrogens is 310 g/mol. The van der Waals surface area contributed by atoms with Crippen molar-refractivity contribution in [2.75, 3.05) is 5.32 Å². The van der Waals surface area contributed by atoms with Crippen LogP contribution >= 0.6 is 11.3 Å². The summed E-state index contributed by atoms with van der Waals surface area (Å²) in [6.07, 6.45) is 0.784. The van der Waals surface area contributed by atoms with E-state index in [1.54, 1.807) is 4.52 Å². The lowest BCUT2D eigenvalue weighted by Crippen LogP contribution is -2.27. The normalized spacial score (nSPS) is 11.8. The van der Waals surface area contributed by atoms with Gasteiger partial charge in [0, 0.05) is 23.1 Å². The molecule has 2 aromatic heterocycles. The Morgan fingerprint density at radius 2 is 2.09 bits per heavy atom. The Hall–Kier alpha value is -2.28. The SMILES string of the molecule is CCc1nnc2sc(-c3cccc(NC(=O)C(C)(C)C)c3)nn12. The molecule has 1 amide bonds. The maximum Gasteiger partial charge on any atom is 0.234 e. The largest absolute Gasteiger partial charge is 0.326 e. The number of nitrogens with zero attached hydrogens (tertiary/aromatic N) is 4. The van der Waals surface area contributed by atoms with Gasteiger partial charge in [0.2, 0.25) is 10.9 Å². The second kappa shape index (κ2) is 5.73. The summed E-state index contributed by atoms with van der Waals surface area (Å²) >= 11 is 1.49. The van der Waals surface area contributed by atoms with E-state index in [-0.39, 0.29) is 5.91 Å². The Balaban J connectivity index is 1.92. The van der Waals surface area contributed by atoms with Crippen molar-refractivity contribution in [1.82, 2.24) is 19.8 Å². The summed E-state index contributed by atoms with van der Waals surface area (Å²) in [5.41, 5.74) is 1.29. The van der Waals surface area contributed by atoms with Gasteiger partial charge in [-0.2, -0.15) is 9.61 Å². The van der Waals surface area contributed by atoms with Gasteiger partial charge in [-0.15, -0.1) is 10.2 Å². The molecule has 3 rings (SSSR count). The quantitative estimate of drug-likeness (QED) is 0.799. The Bertz CT molecular complexity index is 859. The number of fused-ring (bicyclic) bond motifs is 1. The number of rotatable bonds is 3. The van der Waals surface area contributed by atoms with Crippen LogP contribution in [0.1, 0.15) is 33.5 Å². The van der Waals surface area contributed by atoms with Crippen LogP contribution in [0.2, 0.25) is 0 Å². The van der Waals surface area contributed by atoms with E-state index >= 15 is 0 Å². The molecule has 0 saturated heterocycles. The molecule has 0 spiro atoms. The third kappa shape index (κ3) is 3.10. The third-order valence-corrected chi connectivity index (χ3v) is 4.37. The zero-order valence-electron chi connectivity index (χ0n) is 13.6. The van der Waals surface area contributed by atoms with Gasteiger partial charge in [0.05, 0.1) is 0 Å². The fraction of sp³-hybridized carbons (Fsp3) is 0.375. The number of hydrogen-bond acceptors (Lipinski definition) is 5. The monoisotopic (exact) mass is 329 g/mol. The van der Waals surface area contributed by atoms with Gasteiger partial charge in [0.25, 0.3) is 0 Å². The molecule has 0 aliphatic carbocycles. The van der Waals surface area contributed by atoms with E-state index in [0.717, 1.165) is 33.5 Å². The van der Waals surface area contributed by atoms with Crippen molar-refractivity contribution in [3.63, 3.8) is 0 Å². The molecule has 23 heavy (non-hydrogen) atoms. The van der Waals surface area contributed by atoms with E-state index < -0.39 is 5.41 Å². The van der Waals surface area contributed by atoms with E-state index in [1.165, 1.54) is 11.3 Å². The topological polar surface area (TPSA) is 72.2 Å². The highest BCUT2D eigenvalue weighted by atomic mass is 32.1.